The number of quaternary nitrogens is 1. The van der Waals surface area contributed by atoms with E-state index in [2.05, 4.69) is 129 Å². The molecular weight excluding hydrogens is 1090 g/mol. The summed E-state index contributed by atoms with van der Waals surface area (Å²) in [6.07, 6.45) is 100. The van der Waals surface area contributed by atoms with Gasteiger partial charge in [0.15, 0.2) is 0 Å². The van der Waals surface area contributed by atoms with E-state index in [0.717, 1.165) is 116 Å². The Balaban J connectivity index is 4.15. The van der Waals surface area contributed by atoms with Crippen LogP contribution in [0.5, 0.6) is 0 Å². The van der Waals surface area contributed by atoms with E-state index in [9.17, 15) is 19.4 Å². The molecule has 0 bridgehead atoms. The van der Waals surface area contributed by atoms with Gasteiger partial charge in [0.2, 0.25) is 5.91 Å². The monoisotopic (exact) mass is 1230 g/mol. The number of carbonyl (C=O) groups is 1. The van der Waals surface area contributed by atoms with Gasteiger partial charge in [-0.15, -0.1) is 0 Å². The molecule has 8 nitrogen and oxygen atoms in total. The summed E-state index contributed by atoms with van der Waals surface area (Å²) in [4.78, 5) is 25.7. The van der Waals surface area contributed by atoms with Crippen LogP contribution in [0.2, 0.25) is 0 Å². The van der Waals surface area contributed by atoms with Crippen molar-refractivity contribution in [2.75, 3.05) is 40.9 Å². The number of nitrogens with one attached hydrogen (secondary N) is 1. The number of unbranched alkanes of at least 4 members (excludes halogenated alkanes) is 35. The van der Waals surface area contributed by atoms with Gasteiger partial charge in [-0.1, -0.05) is 341 Å². The predicted molar refractivity (Wildman–Crippen MR) is 380 cm³/mol. The summed E-state index contributed by atoms with van der Waals surface area (Å²) in [6, 6.07) is -0.909. The maximum absolute atomic E-state index is 13.0. The third-order valence-electron chi connectivity index (χ3n) is 15.9. The van der Waals surface area contributed by atoms with Crippen LogP contribution in [0.3, 0.4) is 0 Å². The third-order valence-corrected chi connectivity index (χ3v) is 16.9. The van der Waals surface area contributed by atoms with Gasteiger partial charge < -0.3 is 28.8 Å². The molecule has 0 spiro atoms. The molecule has 3 atom stereocenters. The number of phosphoric ester groups is 1. The fourth-order valence-corrected chi connectivity index (χ4v) is 11.0. The maximum Gasteiger partial charge on any atom is 0.268 e. The number of likely N-dealkylation sites (N-methyl/N-ethyl adjacent to an activating group) is 1. The van der Waals surface area contributed by atoms with Gasteiger partial charge >= 0.3 is 0 Å². The highest BCUT2D eigenvalue weighted by Gasteiger charge is 2.23. The highest BCUT2D eigenvalue weighted by atomic mass is 31.2. The lowest BCUT2D eigenvalue weighted by molar-refractivity contribution is -0.870. The Bertz CT molecular complexity index is 1840. The molecule has 87 heavy (non-hydrogen) atoms. The van der Waals surface area contributed by atoms with Crippen molar-refractivity contribution in [3.8, 4) is 0 Å². The first-order valence-corrected chi connectivity index (χ1v) is 37.9. The fraction of sp³-hybridized carbons (Fsp3) is 0.731. The highest BCUT2D eigenvalue weighted by molar-refractivity contribution is 7.45. The average molecular weight is 1230 g/mol. The number of aliphatic hydroxyl groups excluding tert-OH is 1. The van der Waals surface area contributed by atoms with Crippen molar-refractivity contribution in [2.45, 2.75) is 328 Å². The lowest BCUT2D eigenvalue weighted by Crippen LogP contribution is -2.45. The van der Waals surface area contributed by atoms with E-state index in [0.29, 0.717) is 17.4 Å². The predicted octanol–water partition coefficient (Wildman–Crippen LogP) is 23.0. The summed E-state index contributed by atoms with van der Waals surface area (Å²) in [5.74, 6) is -0.217. The molecule has 0 saturated carbocycles. The molecule has 0 rings (SSSR count). The largest absolute Gasteiger partial charge is 0.756 e. The number of amides is 1. The maximum atomic E-state index is 13.0. The zero-order valence-electron chi connectivity index (χ0n) is 57.4. The van der Waals surface area contributed by atoms with Crippen LogP contribution in [0.15, 0.2) is 122 Å². The van der Waals surface area contributed by atoms with Crippen molar-refractivity contribution in [2.24, 2.45) is 0 Å². The molecule has 0 aromatic rings. The second-order valence-electron chi connectivity index (χ2n) is 25.6. The minimum absolute atomic E-state index is 0.0111. The normalized spacial score (nSPS) is 14.3. The summed E-state index contributed by atoms with van der Waals surface area (Å²) in [6.45, 7) is 4.54. The molecule has 0 aliphatic heterocycles. The van der Waals surface area contributed by atoms with Gasteiger partial charge in [-0.3, -0.25) is 9.36 Å². The van der Waals surface area contributed by atoms with E-state index in [1.807, 2.05) is 27.2 Å². The number of allylic oxidation sites excluding steroid dienone is 19. The van der Waals surface area contributed by atoms with Crippen LogP contribution >= 0.6 is 7.82 Å². The smallest absolute Gasteiger partial charge is 0.268 e. The Kier molecular flexibility index (Phi) is 64.9. The Morgan fingerprint density at radius 1 is 0.414 bits per heavy atom. The van der Waals surface area contributed by atoms with E-state index in [4.69, 9.17) is 9.05 Å². The van der Waals surface area contributed by atoms with E-state index >= 15 is 0 Å². The first-order chi connectivity index (χ1) is 42.5. The van der Waals surface area contributed by atoms with Crippen LogP contribution in [0.1, 0.15) is 316 Å². The third kappa shape index (κ3) is 70.2. The molecule has 1 amide bonds. The first-order valence-electron chi connectivity index (χ1n) is 36.4. The van der Waals surface area contributed by atoms with Crippen molar-refractivity contribution in [3.63, 3.8) is 0 Å². The minimum Gasteiger partial charge on any atom is -0.756 e. The molecule has 3 unspecified atom stereocenters. The van der Waals surface area contributed by atoms with Gasteiger partial charge in [-0.25, -0.2) is 0 Å². The SMILES string of the molecule is CC/C=C\C/C=C\C/C=C\C/C=C\C/C=C\C/C=C\C/C=C\C/C=C\C/C=C\CCCCCCCC(=O)NC(COP(=O)([O-])OCC[N+](C)(C)C)C(O)/C=C/CCCCCCCCCCCCCCCCCCCCCCCCCCCCCCCC. The molecule has 0 radical (unpaired) electrons. The topological polar surface area (TPSA) is 108 Å². The quantitative estimate of drug-likeness (QED) is 0.0272. The van der Waals surface area contributed by atoms with Gasteiger partial charge in [0.25, 0.3) is 7.82 Å². The minimum atomic E-state index is -4.62. The van der Waals surface area contributed by atoms with E-state index < -0.39 is 26.6 Å². The molecule has 0 aliphatic carbocycles. The van der Waals surface area contributed by atoms with Crippen LogP contribution in [-0.2, 0) is 18.4 Å². The highest BCUT2D eigenvalue weighted by Crippen LogP contribution is 2.38. The van der Waals surface area contributed by atoms with Gasteiger partial charge in [0.1, 0.15) is 13.2 Å². The van der Waals surface area contributed by atoms with Crippen molar-refractivity contribution in [1.82, 2.24) is 5.32 Å². The standard InChI is InChI=1S/C78H139N2O6P/c1-6-8-10-12-14-16-18-20-22-24-26-28-30-32-34-36-38-40-42-44-46-48-50-52-54-56-58-60-62-64-66-68-70-72-78(82)79-76(75-86-87(83,84)85-74-73-80(3,4)5)77(81)71-69-67-65-63-61-59-57-55-53-51-49-47-45-43-41-39-37-35-33-31-29-27-25-23-21-19-17-15-13-11-9-7-2/h8,10,14,16,20,22,26,28,32,34,38,40,44,46,50,52,56,58,69,71,76-77,81H,6-7,9,11-13,15,17-19,21,23-25,27,29-31,33,35-37,39,41-43,45,47-49,51,53-55,57,59-68,70,72-75H2,1-5H3,(H-,79,82,83,84)/b10-8-,16-14-,22-20-,28-26-,34-32-,40-38-,46-44-,52-50-,58-56-,71-69+. The van der Waals surface area contributed by atoms with Crippen LogP contribution < -0.4 is 10.2 Å². The molecule has 502 valence electrons. The number of carbonyl (C=O) groups excluding carboxylic acids is 1. The molecule has 0 aromatic heterocycles. The summed E-state index contributed by atoms with van der Waals surface area (Å²) in [7, 11) is 1.24. The molecule has 0 aromatic carbocycles. The summed E-state index contributed by atoms with van der Waals surface area (Å²) in [5, 5.41) is 14.0. The molecule has 9 heteroatoms. The number of aliphatic hydroxyl groups is 1. The van der Waals surface area contributed by atoms with E-state index in [-0.39, 0.29) is 12.5 Å². The van der Waals surface area contributed by atoms with Crippen LogP contribution in [-0.4, -0.2) is 68.5 Å². The van der Waals surface area contributed by atoms with Crippen LogP contribution in [0, 0.1) is 0 Å². The summed E-state index contributed by atoms with van der Waals surface area (Å²) in [5.41, 5.74) is 0. The van der Waals surface area contributed by atoms with Gasteiger partial charge in [0.05, 0.1) is 39.9 Å². The molecule has 0 aliphatic rings. The second kappa shape index (κ2) is 67.3. The number of rotatable bonds is 66. The summed E-state index contributed by atoms with van der Waals surface area (Å²) >= 11 is 0. The Morgan fingerprint density at radius 2 is 0.701 bits per heavy atom. The van der Waals surface area contributed by atoms with Crippen molar-refractivity contribution in [3.05, 3.63) is 122 Å². The zero-order valence-corrected chi connectivity index (χ0v) is 58.3. The first kappa shape index (κ1) is 83.9. The molecular formula is C78H139N2O6P. The van der Waals surface area contributed by atoms with Gasteiger partial charge in [-0.05, 0) is 89.9 Å². The van der Waals surface area contributed by atoms with Crippen molar-refractivity contribution in [1.29, 1.82) is 0 Å². The van der Waals surface area contributed by atoms with Crippen molar-refractivity contribution < 1.29 is 32.9 Å². The van der Waals surface area contributed by atoms with Crippen LogP contribution in [0.4, 0.5) is 0 Å². The summed E-state index contributed by atoms with van der Waals surface area (Å²) < 4.78 is 23.5. The van der Waals surface area contributed by atoms with E-state index in [1.54, 1.807) is 6.08 Å². The molecule has 0 saturated heterocycles. The number of phosphoric acid groups is 1. The molecule has 2 N–H and O–H groups in total. The number of hydrogen-bond acceptors (Lipinski definition) is 6. The lowest BCUT2D eigenvalue weighted by atomic mass is 10.0. The zero-order chi connectivity index (χ0) is 63.4. The Labute approximate surface area is 539 Å². The van der Waals surface area contributed by atoms with Gasteiger partial charge in [-0.2, -0.15) is 0 Å². The Hall–Kier alpha value is -3.10. The lowest BCUT2D eigenvalue weighted by Gasteiger charge is -2.29. The molecule has 0 heterocycles. The second-order valence-corrected chi connectivity index (χ2v) is 27.0. The van der Waals surface area contributed by atoms with Crippen molar-refractivity contribution >= 4 is 13.7 Å². The Morgan fingerprint density at radius 3 is 1.02 bits per heavy atom. The fourth-order valence-electron chi connectivity index (χ4n) is 10.3. The van der Waals surface area contributed by atoms with E-state index in [1.165, 1.54) is 180 Å². The number of hydrogen-bond donors (Lipinski definition) is 2. The van der Waals surface area contributed by atoms with Gasteiger partial charge in [0, 0.05) is 6.42 Å². The number of nitrogens with zero attached hydrogens (tertiary/aromatic N) is 1. The molecule has 0 fully saturated rings. The van der Waals surface area contributed by atoms with Crippen LogP contribution in [0.25, 0.3) is 0 Å². The average Bonchev–Trinajstić information content (AvgIpc) is 3.71.